The van der Waals surface area contributed by atoms with Gasteiger partial charge in [0.05, 0.1) is 18.5 Å². The zero-order valence-corrected chi connectivity index (χ0v) is 11.7. The predicted molar refractivity (Wildman–Crippen MR) is 74.9 cm³/mol. The molecule has 0 radical (unpaired) electrons. The Bertz CT molecular complexity index is 526. The monoisotopic (exact) mass is 278 g/mol. The summed E-state index contributed by atoms with van der Waals surface area (Å²) >= 11 is 0. The predicted octanol–water partition coefficient (Wildman–Crippen LogP) is 1.59. The molecule has 5 nitrogen and oxygen atoms in total. The van der Waals surface area contributed by atoms with Crippen LogP contribution in [0.15, 0.2) is 36.5 Å². The quantitative estimate of drug-likeness (QED) is 0.617. The molecule has 0 aliphatic carbocycles. The van der Waals surface area contributed by atoms with Gasteiger partial charge in [0.2, 0.25) is 0 Å². The van der Waals surface area contributed by atoms with Gasteiger partial charge in [0, 0.05) is 32.9 Å². The van der Waals surface area contributed by atoms with Gasteiger partial charge in [0.15, 0.2) is 0 Å². The Morgan fingerprint density at radius 1 is 1.30 bits per heavy atom. The molecule has 1 heterocycles. The smallest absolute Gasteiger partial charge is 0.123 e. The van der Waals surface area contributed by atoms with Crippen LogP contribution in [0.25, 0.3) is 5.69 Å². The summed E-state index contributed by atoms with van der Waals surface area (Å²) in [7, 11) is 3.52. The number of nitrogens with one attached hydrogen (secondary N) is 1. The fraction of sp³-hybridized carbons (Fsp3) is 0.357. The first-order valence-corrected chi connectivity index (χ1v) is 6.45. The number of nitrogens with zero attached hydrogens (tertiary/aromatic N) is 3. The molecule has 0 amide bonds. The molecular weight excluding hydrogens is 259 g/mol. The van der Waals surface area contributed by atoms with Crippen molar-refractivity contribution >= 4 is 0 Å². The van der Waals surface area contributed by atoms with Gasteiger partial charge < -0.3 is 10.2 Å². The van der Waals surface area contributed by atoms with Crippen molar-refractivity contribution in [1.82, 2.24) is 20.2 Å². The summed E-state index contributed by atoms with van der Waals surface area (Å²) in [6, 6.07) is 8.23. The summed E-state index contributed by atoms with van der Waals surface area (Å²) in [6.45, 7) is 2.29. The van der Waals surface area contributed by atoms with E-state index in [-0.39, 0.29) is 5.82 Å². The Labute approximate surface area is 117 Å². The number of hydrogen-bond donors (Lipinski definition) is 1. The van der Waals surface area contributed by atoms with Crippen molar-refractivity contribution in [3.63, 3.8) is 0 Å². The second-order valence-corrected chi connectivity index (χ2v) is 4.42. The second-order valence-electron chi connectivity index (χ2n) is 4.42. The van der Waals surface area contributed by atoms with Crippen LogP contribution in [0.4, 0.5) is 4.39 Å². The molecule has 0 saturated carbocycles. The van der Waals surface area contributed by atoms with Crippen LogP contribution in [-0.2, 0) is 11.4 Å². The van der Waals surface area contributed by atoms with Gasteiger partial charge in [-0.2, -0.15) is 10.2 Å². The van der Waals surface area contributed by atoms with Crippen molar-refractivity contribution in [1.29, 1.82) is 0 Å². The molecule has 1 aromatic carbocycles. The molecule has 108 valence electrons. The number of benzene rings is 1. The van der Waals surface area contributed by atoms with Crippen molar-refractivity contribution in [2.45, 2.75) is 6.54 Å². The molecule has 0 bridgehead atoms. The number of hydrogen-bond acceptors (Lipinski definition) is 4. The standard InChI is InChI=1S/C14H19FN4O/c1-18(20-2)10-9-16-11-14-7-8-17-19(14)13-5-3-12(15)4-6-13/h3-8,16H,9-11H2,1-2H3. The van der Waals surface area contributed by atoms with Crippen molar-refractivity contribution in [2.24, 2.45) is 0 Å². The van der Waals surface area contributed by atoms with Crippen molar-refractivity contribution in [2.75, 3.05) is 27.2 Å². The molecular formula is C14H19FN4O. The summed E-state index contributed by atoms with van der Waals surface area (Å²) in [4.78, 5) is 5.03. The third-order valence-corrected chi connectivity index (χ3v) is 3.01. The zero-order valence-electron chi connectivity index (χ0n) is 11.7. The van der Waals surface area contributed by atoms with Crippen molar-refractivity contribution < 1.29 is 9.23 Å². The van der Waals surface area contributed by atoms with E-state index in [0.717, 1.165) is 24.5 Å². The number of likely N-dealkylation sites (N-methyl/N-ethyl adjacent to an activating group) is 1. The summed E-state index contributed by atoms with van der Waals surface area (Å²) in [6.07, 6.45) is 1.74. The van der Waals surface area contributed by atoms with Crippen molar-refractivity contribution in [3.05, 3.63) is 48.0 Å². The van der Waals surface area contributed by atoms with Crippen LogP contribution >= 0.6 is 0 Å². The van der Waals surface area contributed by atoms with Crippen molar-refractivity contribution in [3.8, 4) is 5.69 Å². The van der Waals surface area contributed by atoms with E-state index in [1.807, 2.05) is 13.1 Å². The fourth-order valence-corrected chi connectivity index (χ4v) is 1.82. The van der Waals surface area contributed by atoms with Crippen LogP contribution in [0.5, 0.6) is 0 Å². The Morgan fingerprint density at radius 2 is 2.05 bits per heavy atom. The van der Waals surface area contributed by atoms with E-state index in [1.165, 1.54) is 12.1 Å². The highest BCUT2D eigenvalue weighted by molar-refractivity contribution is 5.32. The van der Waals surface area contributed by atoms with E-state index >= 15 is 0 Å². The Balaban J connectivity index is 1.93. The molecule has 2 rings (SSSR count). The van der Waals surface area contributed by atoms with E-state index in [0.29, 0.717) is 6.54 Å². The van der Waals surface area contributed by atoms with Gasteiger partial charge >= 0.3 is 0 Å². The van der Waals surface area contributed by atoms with Gasteiger partial charge in [0.1, 0.15) is 5.82 Å². The molecule has 6 heteroatoms. The van der Waals surface area contributed by atoms with Crippen LogP contribution in [0, 0.1) is 5.82 Å². The maximum atomic E-state index is 12.9. The van der Waals surface area contributed by atoms with Gasteiger partial charge in [-0.15, -0.1) is 0 Å². The fourth-order valence-electron chi connectivity index (χ4n) is 1.82. The molecule has 0 atom stereocenters. The van der Waals surface area contributed by atoms with E-state index < -0.39 is 0 Å². The minimum Gasteiger partial charge on any atom is -0.310 e. The lowest BCUT2D eigenvalue weighted by Crippen LogP contribution is -2.28. The second kappa shape index (κ2) is 7.14. The normalized spacial score (nSPS) is 11.2. The molecule has 0 aliphatic rings. The molecule has 1 N–H and O–H groups in total. The van der Waals surface area contributed by atoms with Gasteiger partial charge in [-0.1, -0.05) is 0 Å². The minimum atomic E-state index is -0.247. The van der Waals surface area contributed by atoms with Crippen LogP contribution in [0.2, 0.25) is 0 Å². The van der Waals surface area contributed by atoms with Crippen LogP contribution in [0.3, 0.4) is 0 Å². The summed E-state index contributed by atoms with van der Waals surface area (Å²) < 4.78 is 14.7. The number of rotatable bonds is 7. The first kappa shape index (κ1) is 14.6. The summed E-state index contributed by atoms with van der Waals surface area (Å²) in [5.41, 5.74) is 1.87. The first-order valence-electron chi connectivity index (χ1n) is 6.45. The molecule has 2 aromatic rings. The van der Waals surface area contributed by atoms with Crippen LogP contribution in [-0.4, -0.2) is 42.1 Å². The average molecular weight is 278 g/mol. The van der Waals surface area contributed by atoms with Crippen LogP contribution < -0.4 is 5.32 Å². The molecule has 0 fully saturated rings. The topological polar surface area (TPSA) is 42.3 Å². The minimum absolute atomic E-state index is 0.247. The average Bonchev–Trinajstić information content (AvgIpc) is 2.92. The Morgan fingerprint density at radius 3 is 2.75 bits per heavy atom. The van der Waals surface area contributed by atoms with Crippen LogP contribution in [0.1, 0.15) is 5.69 Å². The summed E-state index contributed by atoms with van der Waals surface area (Å²) in [5.74, 6) is -0.247. The third kappa shape index (κ3) is 3.86. The highest BCUT2D eigenvalue weighted by Crippen LogP contribution is 2.11. The largest absolute Gasteiger partial charge is 0.310 e. The molecule has 20 heavy (non-hydrogen) atoms. The molecule has 1 aromatic heterocycles. The maximum Gasteiger partial charge on any atom is 0.123 e. The zero-order chi connectivity index (χ0) is 14.4. The first-order chi connectivity index (χ1) is 9.70. The van der Waals surface area contributed by atoms with Gasteiger partial charge in [-0.3, -0.25) is 0 Å². The maximum absolute atomic E-state index is 12.9. The van der Waals surface area contributed by atoms with E-state index in [1.54, 1.807) is 35.2 Å². The van der Waals surface area contributed by atoms with E-state index in [4.69, 9.17) is 4.84 Å². The van der Waals surface area contributed by atoms with Gasteiger partial charge in [-0.25, -0.2) is 9.07 Å². The molecule has 0 saturated heterocycles. The van der Waals surface area contributed by atoms with Gasteiger partial charge in [-0.05, 0) is 30.3 Å². The van der Waals surface area contributed by atoms with E-state index in [9.17, 15) is 4.39 Å². The highest BCUT2D eigenvalue weighted by atomic mass is 19.1. The van der Waals surface area contributed by atoms with E-state index in [2.05, 4.69) is 10.4 Å². The molecule has 0 aliphatic heterocycles. The Hall–Kier alpha value is -1.76. The lowest BCUT2D eigenvalue weighted by molar-refractivity contribution is -0.107. The summed E-state index contributed by atoms with van der Waals surface area (Å²) in [5, 5.41) is 9.34. The third-order valence-electron chi connectivity index (χ3n) is 3.01. The highest BCUT2D eigenvalue weighted by Gasteiger charge is 2.05. The lowest BCUT2D eigenvalue weighted by atomic mass is 10.3. The molecule has 0 spiro atoms. The Kier molecular flexibility index (Phi) is 5.23. The SMILES string of the molecule is CON(C)CCNCc1ccnn1-c1ccc(F)cc1. The number of halogens is 1. The lowest BCUT2D eigenvalue weighted by Gasteiger charge is -2.14. The number of aromatic nitrogens is 2. The molecule has 0 unspecified atom stereocenters. The number of hydroxylamine groups is 2. The van der Waals surface area contributed by atoms with Gasteiger partial charge in [0.25, 0.3) is 0 Å².